The summed E-state index contributed by atoms with van der Waals surface area (Å²) in [7, 11) is 0. The van der Waals surface area contributed by atoms with Crippen LogP contribution in [0.5, 0.6) is 0 Å². The molecular formula is C41H44O8. The first-order chi connectivity index (χ1) is 23.0. The molecule has 8 rings (SSSR count). The van der Waals surface area contributed by atoms with Gasteiger partial charge in [0.15, 0.2) is 11.5 Å². The van der Waals surface area contributed by atoms with Crippen molar-refractivity contribution in [1.29, 1.82) is 0 Å². The quantitative estimate of drug-likeness (QED) is 0.192. The molecule has 2 saturated carbocycles. The number of hydrogen-bond acceptors (Lipinski definition) is 8. The third-order valence-electron chi connectivity index (χ3n) is 13.1. The highest BCUT2D eigenvalue weighted by atomic mass is 16.6. The minimum atomic E-state index is -0.901. The summed E-state index contributed by atoms with van der Waals surface area (Å²) >= 11 is 0. The lowest BCUT2D eigenvalue weighted by atomic mass is 9.39. The Labute approximate surface area is 286 Å². The van der Waals surface area contributed by atoms with Gasteiger partial charge >= 0.3 is 0 Å². The fourth-order valence-electron chi connectivity index (χ4n) is 10.7. The van der Waals surface area contributed by atoms with Crippen molar-refractivity contribution in [3.63, 3.8) is 0 Å². The van der Waals surface area contributed by atoms with Gasteiger partial charge in [0.2, 0.25) is 17.3 Å². The zero-order valence-electron chi connectivity index (χ0n) is 29.2. The molecule has 0 bridgehead atoms. The van der Waals surface area contributed by atoms with Crippen molar-refractivity contribution < 1.29 is 38.5 Å². The number of carbonyl (C=O) groups is 4. The number of Topliss-reactive ketones (excluding diaryl/α,β-unsaturated/α-hetero) is 3. The molecule has 8 heteroatoms. The first kappa shape index (κ1) is 33.2. The maximum absolute atomic E-state index is 14.0. The van der Waals surface area contributed by atoms with E-state index in [0.717, 1.165) is 24.8 Å². The van der Waals surface area contributed by atoms with Gasteiger partial charge in [0.1, 0.15) is 11.4 Å². The zero-order chi connectivity index (χ0) is 35.5. The lowest BCUT2D eigenvalue weighted by molar-refractivity contribution is -0.162. The lowest BCUT2D eigenvalue weighted by Crippen LogP contribution is -2.66. The van der Waals surface area contributed by atoms with Gasteiger partial charge in [0.05, 0.1) is 29.5 Å². The average Bonchev–Trinajstić information content (AvgIpc) is 3.41. The smallest absolute Gasteiger partial charge is 0.234 e. The van der Waals surface area contributed by atoms with Gasteiger partial charge in [-0.1, -0.05) is 55.8 Å². The van der Waals surface area contributed by atoms with Crippen LogP contribution in [0.15, 0.2) is 88.0 Å². The molecule has 7 unspecified atom stereocenters. The van der Waals surface area contributed by atoms with Crippen molar-refractivity contribution >= 4 is 28.9 Å². The summed E-state index contributed by atoms with van der Waals surface area (Å²) in [5.41, 5.74) is 0.540. The molecule has 49 heavy (non-hydrogen) atoms. The second-order valence-electron chi connectivity index (χ2n) is 16.1. The van der Waals surface area contributed by atoms with Crippen LogP contribution >= 0.6 is 0 Å². The van der Waals surface area contributed by atoms with Crippen molar-refractivity contribution in [2.75, 3.05) is 0 Å². The molecule has 1 aromatic carbocycles. The van der Waals surface area contributed by atoms with Gasteiger partial charge in [-0.05, 0) is 95.4 Å². The molecule has 1 saturated heterocycles. The number of carbonyl (C=O) groups excluding carboxylic acids is 4. The van der Waals surface area contributed by atoms with Crippen LogP contribution in [0.1, 0.15) is 102 Å². The first-order valence-electron chi connectivity index (χ1n) is 17.1. The molecule has 0 amide bonds. The number of aliphatic hydroxyl groups is 2. The second-order valence-corrected chi connectivity index (χ2v) is 16.1. The Balaban J connectivity index is 0.000000180. The summed E-state index contributed by atoms with van der Waals surface area (Å²) in [6.07, 6.45) is 11.9. The largest absolute Gasteiger partial charge is 0.507 e. The van der Waals surface area contributed by atoms with Gasteiger partial charge in [-0.3, -0.25) is 19.2 Å². The summed E-state index contributed by atoms with van der Waals surface area (Å²) in [4.78, 5) is 50.6. The maximum Gasteiger partial charge on any atom is 0.234 e. The molecule has 1 spiro atoms. The van der Waals surface area contributed by atoms with E-state index in [-0.39, 0.29) is 64.0 Å². The highest BCUT2D eigenvalue weighted by molar-refractivity contribution is 6.52. The van der Waals surface area contributed by atoms with Crippen molar-refractivity contribution in [2.45, 2.75) is 91.8 Å². The number of epoxide rings is 1. The number of rotatable bonds is 3. The standard InChI is InChI=1S/C26H30O5.C15H14O3/c1-22(2)17(27)7-9-23(3)16-6-10-24(4)15(14-8-11-30-13-14)12-18-26(24,31-18)25(16,5)21(29)19(28)20(22)23;1-9(2)7-8-12-13(16)10-5-3-4-6-11(10)14(17)15(12)18/h7-9,11,13,15-16,18,28H,6,10,12H2,1-5H3;3-7,16H,8H2,1-2H3. The van der Waals surface area contributed by atoms with Crippen LogP contribution in [0.25, 0.3) is 5.76 Å². The van der Waals surface area contributed by atoms with Gasteiger partial charge < -0.3 is 19.4 Å². The third kappa shape index (κ3) is 4.13. The number of allylic oxidation sites excluding steroid dienone is 7. The average molecular weight is 665 g/mol. The molecule has 3 fully saturated rings. The molecule has 2 N–H and O–H groups in total. The SMILES string of the molecule is CC(C)=CCC1=C(O)c2ccccc2C(=O)C1=O.CC1(C)C(=O)C=CC2(C)C1=C(O)C(=O)C1(C)C2CCC2(C)C(c3ccoc3)CC3OC321. The second kappa shape index (κ2) is 10.6. The number of hydrogen-bond donors (Lipinski definition) is 2. The van der Waals surface area contributed by atoms with Crippen molar-refractivity contribution in [3.8, 4) is 0 Å². The molecule has 1 aliphatic heterocycles. The van der Waals surface area contributed by atoms with Gasteiger partial charge in [-0.2, -0.15) is 0 Å². The number of ether oxygens (including phenoxy) is 1. The lowest BCUT2D eigenvalue weighted by Gasteiger charge is -2.62. The Morgan fingerprint density at radius 1 is 0.939 bits per heavy atom. The van der Waals surface area contributed by atoms with Crippen LogP contribution in [0.2, 0.25) is 0 Å². The van der Waals surface area contributed by atoms with Gasteiger partial charge in [-0.15, -0.1) is 0 Å². The summed E-state index contributed by atoms with van der Waals surface area (Å²) in [5, 5.41) is 21.5. The summed E-state index contributed by atoms with van der Waals surface area (Å²) in [5.74, 6) is -1.54. The molecule has 0 radical (unpaired) electrons. The van der Waals surface area contributed by atoms with Crippen LogP contribution < -0.4 is 0 Å². The van der Waals surface area contributed by atoms with E-state index in [1.807, 2.05) is 59.1 Å². The Kier molecular flexibility index (Phi) is 7.18. The molecule has 2 aromatic rings. The maximum atomic E-state index is 14.0. The van der Waals surface area contributed by atoms with E-state index in [9.17, 15) is 29.4 Å². The van der Waals surface area contributed by atoms with E-state index in [1.165, 1.54) is 5.56 Å². The first-order valence-corrected chi connectivity index (χ1v) is 17.1. The topological polar surface area (TPSA) is 134 Å². The van der Waals surface area contributed by atoms with E-state index < -0.39 is 33.4 Å². The van der Waals surface area contributed by atoms with Crippen molar-refractivity contribution in [1.82, 2.24) is 0 Å². The summed E-state index contributed by atoms with van der Waals surface area (Å²) < 4.78 is 11.9. The molecule has 8 nitrogen and oxygen atoms in total. The number of fused-ring (bicyclic) bond motifs is 4. The Bertz CT molecular complexity index is 1950. The fourth-order valence-corrected chi connectivity index (χ4v) is 10.7. The zero-order valence-corrected chi connectivity index (χ0v) is 29.2. The van der Waals surface area contributed by atoms with E-state index in [2.05, 4.69) is 13.8 Å². The highest BCUT2D eigenvalue weighted by Gasteiger charge is 2.87. The van der Waals surface area contributed by atoms with Gasteiger partial charge in [-0.25, -0.2) is 0 Å². The van der Waals surface area contributed by atoms with Crippen LogP contribution in [0.4, 0.5) is 0 Å². The van der Waals surface area contributed by atoms with Gasteiger partial charge in [0, 0.05) is 27.5 Å². The minimum Gasteiger partial charge on any atom is -0.507 e. The monoisotopic (exact) mass is 664 g/mol. The molecule has 1 aromatic heterocycles. The summed E-state index contributed by atoms with van der Waals surface area (Å²) in [6, 6.07) is 8.65. The molecule has 256 valence electrons. The predicted octanol–water partition coefficient (Wildman–Crippen LogP) is 7.97. The summed E-state index contributed by atoms with van der Waals surface area (Å²) in [6.45, 7) is 13.8. The minimum absolute atomic E-state index is 0.00527. The fraction of sp³-hybridized carbons (Fsp3) is 0.463. The van der Waals surface area contributed by atoms with E-state index in [0.29, 0.717) is 11.1 Å². The normalized spacial score (nSPS) is 36.6. The molecule has 5 aliphatic carbocycles. The number of ketones is 4. The number of furan rings is 1. The van der Waals surface area contributed by atoms with Crippen LogP contribution in [-0.4, -0.2) is 45.1 Å². The predicted molar refractivity (Wildman–Crippen MR) is 183 cm³/mol. The number of benzene rings is 1. The van der Waals surface area contributed by atoms with Crippen LogP contribution in [0.3, 0.4) is 0 Å². The third-order valence-corrected chi connectivity index (χ3v) is 13.1. The number of aliphatic hydroxyl groups excluding tert-OH is 2. The molecule has 2 heterocycles. The molecular weight excluding hydrogens is 620 g/mol. The van der Waals surface area contributed by atoms with Crippen molar-refractivity contribution in [2.24, 2.45) is 27.6 Å². The van der Waals surface area contributed by atoms with E-state index in [4.69, 9.17) is 9.15 Å². The van der Waals surface area contributed by atoms with Crippen molar-refractivity contribution in [3.05, 3.63) is 100 Å². The Hall–Kier alpha value is -4.30. The highest BCUT2D eigenvalue weighted by Crippen LogP contribution is 2.81. The molecule has 7 atom stereocenters. The van der Waals surface area contributed by atoms with Crippen LogP contribution in [0, 0.1) is 27.6 Å². The van der Waals surface area contributed by atoms with Gasteiger partial charge in [0.25, 0.3) is 0 Å². The van der Waals surface area contributed by atoms with E-state index >= 15 is 0 Å². The Morgan fingerprint density at radius 2 is 1.63 bits per heavy atom. The Morgan fingerprint density at radius 3 is 2.29 bits per heavy atom. The van der Waals surface area contributed by atoms with Crippen LogP contribution in [-0.2, 0) is 19.1 Å². The molecule has 6 aliphatic rings. The van der Waals surface area contributed by atoms with E-state index in [1.54, 1.807) is 36.6 Å².